The van der Waals surface area contributed by atoms with Gasteiger partial charge in [0.25, 0.3) is 0 Å². The molecule has 0 aliphatic rings. The Hall–Kier alpha value is -0.410. The largest absolute Gasteiger partial charge is 0.305 e. The molecule has 0 N–H and O–H groups in total. The molecule has 1 aromatic rings. The van der Waals surface area contributed by atoms with E-state index in [0.717, 1.165) is 16.7 Å². The average molecular weight is 229 g/mol. The fourth-order valence-corrected chi connectivity index (χ4v) is 1.40. The van der Waals surface area contributed by atoms with E-state index in [0.29, 0.717) is 0 Å². The SMILES string of the molecule is Cc1cc(CN(C)C)c(Br)cn1. The van der Waals surface area contributed by atoms with Gasteiger partial charge in [-0.05, 0) is 48.6 Å². The zero-order valence-corrected chi connectivity index (χ0v) is 9.22. The van der Waals surface area contributed by atoms with E-state index >= 15 is 0 Å². The molecule has 0 amide bonds. The molecule has 0 unspecified atom stereocenters. The van der Waals surface area contributed by atoms with Crippen LogP contribution in [0.4, 0.5) is 0 Å². The predicted molar refractivity (Wildman–Crippen MR) is 54.1 cm³/mol. The van der Waals surface area contributed by atoms with Crippen LogP contribution in [0.5, 0.6) is 0 Å². The van der Waals surface area contributed by atoms with Crippen LogP contribution in [0.25, 0.3) is 0 Å². The lowest BCUT2D eigenvalue weighted by Crippen LogP contribution is -2.11. The van der Waals surface area contributed by atoms with E-state index in [4.69, 9.17) is 0 Å². The molecule has 1 rings (SSSR count). The van der Waals surface area contributed by atoms with E-state index in [9.17, 15) is 0 Å². The number of aromatic nitrogens is 1. The van der Waals surface area contributed by atoms with Gasteiger partial charge in [-0.1, -0.05) is 0 Å². The van der Waals surface area contributed by atoms with Crippen molar-refractivity contribution in [1.82, 2.24) is 9.88 Å². The fraction of sp³-hybridized carbons (Fsp3) is 0.444. The second-order valence-electron chi connectivity index (χ2n) is 3.15. The van der Waals surface area contributed by atoms with Gasteiger partial charge in [0.1, 0.15) is 0 Å². The molecule has 0 saturated heterocycles. The predicted octanol–water partition coefficient (Wildman–Crippen LogP) is 2.21. The molecule has 0 spiro atoms. The Balaban J connectivity index is 2.90. The van der Waals surface area contributed by atoms with Gasteiger partial charge >= 0.3 is 0 Å². The molecule has 2 nitrogen and oxygen atoms in total. The lowest BCUT2D eigenvalue weighted by molar-refractivity contribution is 0.401. The summed E-state index contributed by atoms with van der Waals surface area (Å²) in [5, 5.41) is 0. The van der Waals surface area contributed by atoms with Crippen LogP contribution in [0.1, 0.15) is 11.3 Å². The van der Waals surface area contributed by atoms with E-state index in [1.807, 2.05) is 13.1 Å². The van der Waals surface area contributed by atoms with Crippen LogP contribution in [0, 0.1) is 6.92 Å². The number of halogens is 1. The molecule has 0 radical (unpaired) electrons. The summed E-state index contributed by atoms with van der Waals surface area (Å²) in [6.45, 7) is 2.95. The molecule has 0 fully saturated rings. The third kappa shape index (κ3) is 2.57. The van der Waals surface area contributed by atoms with Crippen molar-refractivity contribution in [3.05, 3.63) is 28.0 Å². The van der Waals surface area contributed by atoms with Gasteiger partial charge in [-0.15, -0.1) is 0 Å². The molecular weight excluding hydrogens is 216 g/mol. The van der Waals surface area contributed by atoms with Crippen LogP contribution in [-0.4, -0.2) is 24.0 Å². The first kappa shape index (κ1) is 9.68. The molecular formula is C9H13BrN2. The number of pyridine rings is 1. The molecule has 12 heavy (non-hydrogen) atoms. The van der Waals surface area contributed by atoms with Crippen molar-refractivity contribution in [2.75, 3.05) is 14.1 Å². The van der Waals surface area contributed by atoms with Crippen molar-refractivity contribution < 1.29 is 0 Å². The summed E-state index contributed by atoms with van der Waals surface area (Å²) < 4.78 is 1.09. The van der Waals surface area contributed by atoms with Gasteiger partial charge in [-0.3, -0.25) is 4.98 Å². The molecule has 0 bridgehead atoms. The maximum Gasteiger partial charge on any atom is 0.0416 e. The van der Waals surface area contributed by atoms with Crippen molar-refractivity contribution in [2.45, 2.75) is 13.5 Å². The molecule has 0 atom stereocenters. The molecule has 66 valence electrons. The van der Waals surface area contributed by atoms with Crippen LogP contribution in [0.15, 0.2) is 16.7 Å². The number of nitrogens with zero attached hydrogens (tertiary/aromatic N) is 2. The Morgan fingerprint density at radius 3 is 2.75 bits per heavy atom. The van der Waals surface area contributed by atoms with Gasteiger partial charge in [0.15, 0.2) is 0 Å². The van der Waals surface area contributed by atoms with E-state index in [1.165, 1.54) is 5.56 Å². The molecule has 1 aromatic heterocycles. The zero-order valence-electron chi connectivity index (χ0n) is 7.63. The third-order valence-corrected chi connectivity index (χ3v) is 2.27. The molecule has 1 heterocycles. The fourth-order valence-electron chi connectivity index (χ4n) is 1.06. The minimum atomic E-state index is 0.948. The van der Waals surface area contributed by atoms with E-state index in [2.05, 4.69) is 46.0 Å². The molecule has 0 aliphatic heterocycles. The van der Waals surface area contributed by atoms with Crippen LogP contribution >= 0.6 is 15.9 Å². The van der Waals surface area contributed by atoms with Crippen LogP contribution < -0.4 is 0 Å². The summed E-state index contributed by atoms with van der Waals surface area (Å²) >= 11 is 3.47. The van der Waals surface area contributed by atoms with Gasteiger partial charge in [0.05, 0.1) is 0 Å². The summed E-state index contributed by atoms with van der Waals surface area (Å²) in [7, 11) is 4.12. The van der Waals surface area contributed by atoms with Gasteiger partial charge in [0, 0.05) is 22.9 Å². The molecule has 0 aliphatic carbocycles. The topological polar surface area (TPSA) is 16.1 Å². The summed E-state index contributed by atoms with van der Waals surface area (Å²) in [4.78, 5) is 6.32. The third-order valence-electron chi connectivity index (χ3n) is 1.56. The summed E-state index contributed by atoms with van der Waals surface area (Å²) in [6, 6.07) is 2.10. The summed E-state index contributed by atoms with van der Waals surface area (Å²) in [5.41, 5.74) is 2.35. The minimum Gasteiger partial charge on any atom is -0.305 e. The first-order valence-corrected chi connectivity index (χ1v) is 4.64. The number of hydrogen-bond donors (Lipinski definition) is 0. The van der Waals surface area contributed by atoms with E-state index in [1.54, 1.807) is 0 Å². The maximum absolute atomic E-state index is 4.18. The quantitative estimate of drug-likeness (QED) is 0.772. The smallest absolute Gasteiger partial charge is 0.0416 e. The zero-order chi connectivity index (χ0) is 9.14. The highest BCUT2D eigenvalue weighted by atomic mass is 79.9. The van der Waals surface area contributed by atoms with E-state index < -0.39 is 0 Å². The van der Waals surface area contributed by atoms with Crippen molar-refractivity contribution >= 4 is 15.9 Å². The molecule has 0 saturated carbocycles. The maximum atomic E-state index is 4.18. The Morgan fingerprint density at radius 1 is 1.50 bits per heavy atom. The minimum absolute atomic E-state index is 0.948. The average Bonchev–Trinajstić information content (AvgIpc) is 1.96. The molecule has 0 aromatic carbocycles. The van der Waals surface area contributed by atoms with Crippen molar-refractivity contribution in [3.8, 4) is 0 Å². The second-order valence-corrected chi connectivity index (χ2v) is 4.01. The Labute approximate surface area is 81.7 Å². The summed E-state index contributed by atoms with van der Waals surface area (Å²) in [6.07, 6.45) is 1.86. The Bertz CT molecular complexity index is 271. The van der Waals surface area contributed by atoms with Crippen molar-refractivity contribution in [3.63, 3.8) is 0 Å². The highest BCUT2D eigenvalue weighted by molar-refractivity contribution is 9.10. The first-order chi connectivity index (χ1) is 5.59. The first-order valence-electron chi connectivity index (χ1n) is 3.85. The molecule has 3 heteroatoms. The number of hydrogen-bond acceptors (Lipinski definition) is 2. The lowest BCUT2D eigenvalue weighted by atomic mass is 10.2. The normalized spacial score (nSPS) is 10.8. The van der Waals surface area contributed by atoms with Crippen LogP contribution in [0.3, 0.4) is 0 Å². The monoisotopic (exact) mass is 228 g/mol. The van der Waals surface area contributed by atoms with Gasteiger partial charge in [-0.2, -0.15) is 0 Å². The van der Waals surface area contributed by atoms with E-state index in [-0.39, 0.29) is 0 Å². The highest BCUT2D eigenvalue weighted by Crippen LogP contribution is 2.16. The van der Waals surface area contributed by atoms with Crippen LogP contribution in [-0.2, 0) is 6.54 Å². The number of rotatable bonds is 2. The highest BCUT2D eigenvalue weighted by Gasteiger charge is 2.01. The Kier molecular flexibility index (Phi) is 3.23. The van der Waals surface area contributed by atoms with Crippen molar-refractivity contribution in [1.29, 1.82) is 0 Å². The standard InChI is InChI=1S/C9H13BrN2/c1-7-4-8(6-12(2)3)9(10)5-11-7/h4-5H,6H2,1-3H3. The lowest BCUT2D eigenvalue weighted by Gasteiger charge is -2.11. The van der Waals surface area contributed by atoms with Crippen LogP contribution in [0.2, 0.25) is 0 Å². The van der Waals surface area contributed by atoms with Gasteiger partial charge < -0.3 is 4.90 Å². The van der Waals surface area contributed by atoms with Crippen molar-refractivity contribution in [2.24, 2.45) is 0 Å². The number of aryl methyl sites for hydroxylation is 1. The van der Waals surface area contributed by atoms with Gasteiger partial charge in [-0.25, -0.2) is 0 Å². The second kappa shape index (κ2) is 4.01. The van der Waals surface area contributed by atoms with Gasteiger partial charge in [0.2, 0.25) is 0 Å². The summed E-state index contributed by atoms with van der Waals surface area (Å²) in [5.74, 6) is 0. The Morgan fingerprint density at radius 2 is 2.17 bits per heavy atom.